The predicted octanol–water partition coefficient (Wildman–Crippen LogP) is 1.78. The van der Waals surface area contributed by atoms with Crippen LogP contribution in [0.2, 0.25) is 0 Å². The number of benzene rings is 1. The van der Waals surface area contributed by atoms with Gasteiger partial charge in [-0.2, -0.15) is 0 Å². The number of hydrogen-bond acceptors (Lipinski definition) is 4. The molecular formula is C15H23NO3. The molecule has 1 aliphatic heterocycles. The third-order valence-corrected chi connectivity index (χ3v) is 3.73. The van der Waals surface area contributed by atoms with E-state index in [0.29, 0.717) is 12.5 Å². The van der Waals surface area contributed by atoms with Gasteiger partial charge in [-0.25, -0.2) is 0 Å². The molecule has 1 N–H and O–H groups in total. The summed E-state index contributed by atoms with van der Waals surface area (Å²) in [7, 11) is 1.65. The highest BCUT2D eigenvalue weighted by Gasteiger charge is 2.25. The van der Waals surface area contributed by atoms with Crippen LogP contribution in [0.1, 0.15) is 13.3 Å². The molecule has 2 rings (SSSR count). The summed E-state index contributed by atoms with van der Waals surface area (Å²) in [6.07, 6.45) is 0.868. The summed E-state index contributed by atoms with van der Waals surface area (Å²) in [5.41, 5.74) is 0. The monoisotopic (exact) mass is 265 g/mol. The van der Waals surface area contributed by atoms with E-state index in [-0.39, 0.29) is 6.10 Å². The van der Waals surface area contributed by atoms with E-state index in [4.69, 9.17) is 9.47 Å². The van der Waals surface area contributed by atoms with Crippen molar-refractivity contribution in [1.82, 2.24) is 4.90 Å². The molecule has 0 bridgehead atoms. The maximum atomic E-state index is 9.57. The van der Waals surface area contributed by atoms with E-state index in [2.05, 4.69) is 4.90 Å². The molecule has 2 unspecified atom stereocenters. The third-order valence-electron chi connectivity index (χ3n) is 3.73. The van der Waals surface area contributed by atoms with Crippen LogP contribution < -0.4 is 9.47 Å². The van der Waals surface area contributed by atoms with Gasteiger partial charge in [-0.05, 0) is 37.9 Å². The van der Waals surface area contributed by atoms with E-state index in [1.54, 1.807) is 7.11 Å². The lowest BCUT2D eigenvalue weighted by Gasteiger charge is -2.18. The molecule has 0 spiro atoms. The molecule has 1 saturated heterocycles. The molecule has 0 saturated carbocycles. The van der Waals surface area contributed by atoms with E-state index >= 15 is 0 Å². The van der Waals surface area contributed by atoms with Crippen LogP contribution in [-0.4, -0.2) is 49.5 Å². The first kappa shape index (κ1) is 14.2. The topological polar surface area (TPSA) is 41.9 Å². The molecule has 106 valence electrons. The van der Waals surface area contributed by atoms with Crippen molar-refractivity contribution >= 4 is 0 Å². The summed E-state index contributed by atoms with van der Waals surface area (Å²) in [5.74, 6) is 1.97. The first-order valence-electron chi connectivity index (χ1n) is 6.87. The Labute approximate surface area is 114 Å². The molecule has 1 aromatic carbocycles. The van der Waals surface area contributed by atoms with Gasteiger partial charge in [0.15, 0.2) is 11.5 Å². The SMILES string of the molecule is COc1ccccc1OCCN1CCC(C(C)O)C1. The minimum atomic E-state index is -0.208. The summed E-state index contributed by atoms with van der Waals surface area (Å²) in [6, 6.07) is 7.69. The lowest BCUT2D eigenvalue weighted by Crippen LogP contribution is -2.28. The summed E-state index contributed by atoms with van der Waals surface area (Å²) in [4.78, 5) is 2.34. The van der Waals surface area contributed by atoms with Gasteiger partial charge >= 0.3 is 0 Å². The quantitative estimate of drug-likeness (QED) is 0.851. The average molecular weight is 265 g/mol. The van der Waals surface area contributed by atoms with Crippen molar-refractivity contribution in [2.45, 2.75) is 19.4 Å². The van der Waals surface area contributed by atoms with Crippen LogP contribution in [-0.2, 0) is 0 Å². The highest BCUT2D eigenvalue weighted by Crippen LogP contribution is 2.26. The minimum absolute atomic E-state index is 0.208. The molecule has 19 heavy (non-hydrogen) atoms. The molecule has 0 aliphatic carbocycles. The Kier molecular flexibility index (Phi) is 5.05. The standard InChI is InChI=1S/C15H23NO3/c1-12(17)13-7-8-16(11-13)9-10-19-15-6-4-3-5-14(15)18-2/h3-6,12-13,17H,7-11H2,1-2H3. The van der Waals surface area contributed by atoms with Gasteiger partial charge in [0.2, 0.25) is 0 Å². The highest BCUT2D eigenvalue weighted by atomic mass is 16.5. The second kappa shape index (κ2) is 6.78. The molecule has 1 fully saturated rings. The van der Waals surface area contributed by atoms with Gasteiger partial charge in [-0.3, -0.25) is 4.90 Å². The Bertz CT molecular complexity index is 395. The summed E-state index contributed by atoms with van der Waals surface area (Å²) < 4.78 is 11.0. The highest BCUT2D eigenvalue weighted by molar-refractivity contribution is 5.39. The van der Waals surface area contributed by atoms with Crippen LogP contribution in [0.5, 0.6) is 11.5 Å². The van der Waals surface area contributed by atoms with Gasteiger partial charge in [0.1, 0.15) is 6.61 Å². The fourth-order valence-corrected chi connectivity index (χ4v) is 2.48. The van der Waals surface area contributed by atoms with Gasteiger partial charge in [-0.15, -0.1) is 0 Å². The van der Waals surface area contributed by atoms with E-state index < -0.39 is 0 Å². The molecule has 2 atom stereocenters. The maximum Gasteiger partial charge on any atom is 0.161 e. The van der Waals surface area contributed by atoms with E-state index in [9.17, 15) is 5.11 Å². The number of hydrogen-bond donors (Lipinski definition) is 1. The Morgan fingerprint density at radius 3 is 2.74 bits per heavy atom. The molecule has 1 heterocycles. The third kappa shape index (κ3) is 3.85. The van der Waals surface area contributed by atoms with Crippen molar-refractivity contribution in [3.05, 3.63) is 24.3 Å². The van der Waals surface area contributed by atoms with Crippen molar-refractivity contribution in [2.24, 2.45) is 5.92 Å². The molecule has 0 radical (unpaired) electrons. The Hall–Kier alpha value is -1.26. The molecule has 1 aromatic rings. The lowest BCUT2D eigenvalue weighted by molar-refractivity contribution is 0.125. The number of nitrogens with zero attached hydrogens (tertiary/aromatic N) is 1. The number of likely N-dealkylation sites (tertiary alicyclic amines) is 1. The van der Waals surface area contributed by atoms with Gasteiger partial charge in [0.05, 0.1) is 13.2 Å². The van der Waals surface area contributed by atoms with E-state index in [1.165, 1.54) is 0 Å². The number of para-hydroxylation sites is 2. The van der Waals surface area contributed by atoms with Crippen molar-refractivity contribution in [1.29, 1.82) is 0 Å². The zero-order valence-corrected chi connectivity index (χ0v) is 11.7. The number of ether oxygens (including phenoxy) is 2. The molecule has 4 heteroatoms. The first-order valence-corrected chi connectivity index (χ1v) is 6.87. The normalized spacial score (nSPS) is 21.3. The molecule has 1 aliphatic rings. The van der Waals surface area contributed by atoms with Gasteiger partial charge < -0.3 is 14.6 Å². The number of rotatable bonds is 6. The molecule has 0 aromatic heterocycles. The van der Waals surface area contributed by atoms with Gasteiger partial charge in [0.25, 0.3) is 0 Å². The number of aliphatic hydroxyl groups excluding tert-OH is 1. The minimum Gasteiger partial charge on any atom is -0.493 e. The largest absolute Gasteiger partial charge is 0.493 e. The van der Waals surface area contributed by atoms with Gasteiger partial charge in [0, 0.05) is 13.1 Å². The van der Waals surface area contributed by atoms with Crippen LogP contribution in [0.3, 0.4) is 0 Å². The second-order valence-corrected chi connectivity index (χ2v) is 5.09. The van der Waals surface area contributed by atoms with Crippen LogP contribution in [0.25, 0.3) is 0 Å². The van der Waals surface area contributed by atoms with Crippen LogP contribution in [0.4, 0.5) is 0 Å². The Morgan fingerprint density at radius 1 is 1.37 bits per heavy atom. The zero-order chi connectivity index (χ0) is 13.7. The van der Waals surface area contributed by atoms with Crippen LogP contribution in [0, 0.1) is 5.92 Å². The Morgan fingerprint density at radius 2 is 2.11 bits per heavy atom. The fourth-order valence-electron chi connectivity index (χ4n) is 2.48. The number of methoxy groups -OCH3 is 1. The average Bonchev–Trinajstić information content (AvgIpc) is 2.88. The van der Waals surface area contributed by atoms with E-state index in [1.807, 2.05) is 31.2 Å². The van der Waals surface area contributed by atoms with Gasteiger partial charge in [-0.1, -0.05) is 12.1 Å². The maximum absolute atomic E-state index is 9.57. The first-order chi connectivity index (χ1) is 9.20. The smallest absolute Gasteiger partial charge is 0.161 e. The zero-order valence-electron chi connectivity index (χ0n) is 11.7. The van der Waals surface area contributed by atoms with E-state index in [0.717, 1.165) is 37.6 Å². The van der Waals surface area contributed by atoms with Crippen molar-refractivity contribution < 1.29 is 14.6 Å². The summed E-state index contributed by atoms with van der Waals surface area (Å²) in [5, 5.41) is 9.57. The lowest BCUT2D eigenvalue weighted by atomic mass is 10.0. The second-order valence-electron chi connectivity index (χ2n) is 5.09. The van der Waals surface area contributed by atoms with Crippen molar-refractivity contribution in [3.8, 4) is 11.5 Å². The fraction of sp³-hybridized carbons (Fsp3) is 0.600. The summed E-state index contributed by atoms with van der Waals surface area (Å²) in [6.45, 7) is 5.42. The van der Waals surface area contributed by atoms with Crippen molar-refractivity contribution in [3.63, 3.8) is 0 Å². The molecule has 0 amide bonds. The molecule has 4 nitrogen and oxygen atoms in total. The Balaban J connectivity index is 1.75. The predicted molar refractivity (Wildman–Crippen MR) is 74.7 cm³/mol. The number of aliphatic hydroxyl groups is 1. The molecular weight excluding hydrogens is 242 g/mol. The van der Waals surface area contributed by atoms with Crippen LogP contribution >= 0.6 is 0 Å². The van der Waals surface area contributed by atoms with Crippen LogP contribution in [0.15, 0.2) is 24.3 Å². The van der Waals surface area contributed by atoms with Crippen molar-refractivity contribution in [2.75, 3.05) is 33.4 Å². The summed E-state index contributed by atoms with van der Waals surface area (Å²) >= 11 is 0.